The fourth-order valence-corrected chi connectivity index (χ4v) is 2.18. The Morgan fingerprint density at radius 1 is 1.31 bits per heavy atom. The minimum atomic E-state index is -0.207. The van der Waals surface area contributed by atoms with E-state index >= 15 is 0 Å². The molecular formula is C13H15FN2. The van der Waals surface area contributed by atoms with Crippen LogP contribution in [0.3, 0.4) is 0 Å². The monoisotopic (exact) mass is 218 g/mol. The van der Waals surface area contributed by atoms with Gasteiger partial charge in [-0.3, -0.25) is 4.90 Å². The molecule has 2 nitrogen and oxygen atoms in total. The van der Waals surface area contributed by atoms with Gasteiger partial charge in [0.1, 0.15) is 11.9 Å². The third-order valence-corrected chi connectivity index (χ3v) is 3.10. The molecule has 3 heteroatoms. The van der Waals surface area contributed by atoms with Gasteiger partial charge >= 0.3 is 0 Å². The number of halogens is 1. The Bertz CT molecular complexity index is 391. The Labute approximate surface area is 95.3 Å². The maximum atomic E-state index is 13.4. The summed E-state index contributed by atoms with van der Waals surface area (Å²) >= 11 is 0. The second-order valence-electron chi connectivity index (χ2n) is 4.18. The van der Waals surface area contributed by atoms with Crippen molar-refractivity contribution in [2.75, 3.05) is 13.1 Å². The second-order valence-corrected chi connectivity index (χ2v) is 4.18. The maximum absolute atomic E-state index is 13.4. The zero-order valence-corrected chi connectivity index (χ0v) is 9.19. The Balaban J connectivity index is 2.07. The smallest absolute Gasteiger partial charge is 0.126 e. The van der Waals surface area contributed by atoms with Crippen LogP contribution in [0, 0.1) is 17.1 Å². The lowest BCUT2D eigenvalue weighted by Crippen LogP contribution is -2.33. The van der Waals surface area contributed by atoms with E-state index in [-0.39, 0.29) is 11.9 Å². The van der Waals surface area contributed by atoms with Crippen LogP contribution in [0.15, 0.2) is 24.3 Å². The number of nitrogens with zero attached hydrogens (tertiary/aromatic N) is 2. The van der Waals surface area contributed by atoms with Gasteiger partial charge in [-0.05, 0) is 37.6 Å². The van der Waals surface area contributed by atoms with Gasteiger partial charge in [0.2, 0.25) is 0 Å². The van der Waals surface area contributed by atoms with E-state index in [0.29, 0.717) is 12.0 Å². The molecule has 0 amide bonds. The van der Waals surface area contributed by atoms with Gasteiger partial charge in [-0.25, -0.2) is 4.39 Å². The number of rotatable bonds is 3. The topological polar surface area (TPSA) is 27.0 Å². The summed E-state index contributed by atoms with van der Waals surface area (Å²) < 4.78 is 13.4. The molecule has 1 heterocycles. The first kappa shape index (κ1) is 11.1. The van der Waals surface area contributed by atoms with Crippen molar-refractivity contribution in [3.63, 3.8) is 0 Å². The van der Waals surface area contributed by atoms with E-state index in [2.05, 4.69) is 11.0 Å². The quantitative estimate of drug-likeness (QED) is 0.778. The largest absolute Gasteiger partial charge is 0.288 e. The molecule has 1 saturated heterocycles. The number of likely N-dealkylation sites (tertiary alicyclic amines) is 1. The standard InChI is InChI=1S/C13H15FN2/c14-13-6-2-1-5-11(13)9-12(10-15)16-7-3-4-8-16/h1-2,5-6,12H,3-4,7-9H2. The normalized spacial score (nSPS) is 18.2. The van der Waals surface area contributed by atoms with Crippen LogP contribution in [-0.2, 0) is 6.42 Å². The van der Waals surface area contributed by atoms with Gasteiger partial charge in [-0.2, -0.15) is 5.26 Å². The zero-order chi connectivity index (χ0) is 11.4. The van der Waals surface area contributed by atoms with Crippen LogP contribution in [-0.4, -0.2) is 24.0 Å². The van der Waals surface area contributed by atoms with Gasteiger partial charge in [0, 0.05) is 6.42 Å². The highest BCUT2D eigenvalue weighted by atomic mass is 19.1. The average molecular weight is 218 g/mol. The summed E-state index contributed by atoms with van der Waals surface area (Å²) in [4.78, 5) is 2.15. The van der Waals surface area contributed by atoms with Crippen molar-refractivity contribution in [3.05, 3.63) is 35.6 Å². The van der Waals surface area contributed by atoms with Gasteiger partial charge in [0.25, 0.3) is 0 Å². The lowest BCUT2D eigenvalue weighted by atomic mass is 10.1. The molecule has 1 aliphatic heterocycles. The second kappa shape index (κ2) is 5.09. The molecule has 1 atom stereocenters. The third-order valence-electron chi connectivity index (χ3n) is 3.10. The third kappa shape index (κ3) is 2.40. The van der Waals surface area contributed by atoms with E-state index in [4.69, 9.17) is 5.26 Å². The van der Waals surface area contributed by atoms with Crippen LogP contribution in [0.2, 0.25) is 0 Å². The van der Waals surface area contributed by atoms with Crippen LogP contribution in [0.4, 0.5) is 4.39 Å². The number of hydrogen-bond acceptors (Lipinski definition) is 2. The Kier molecular flexibility index (Phi) is 3.53. The Morgan fingerprint density at radius 3 is 2.62 bits per heavy atom. The van der Waals surface area contributed by atoms with Gasteiger partial charge in [0.15, 0.2) is 0 Å². The highest BCUT2D eigenvalue weighted by Gasteiger charge is 2.22. The Hall–Kier alpha value is -1.40. The van der Waals surface area contributed by atoms with Crippen LogP contribution in [0.1, 0.15) is 18.4 Å². The van der Waals surface area contributed by atoms with Crippen LogP contribution in [0.5, 0.6) is 0 Å². The van der Waals surface area contributed by atoms with Gasteiger partial charge in [0.05, 0.1) is 6.07 Å². The minimum Gasteiger partial charge on any atom is -0.288 e. The summed E-state index contributed by atoms with van der Waals surface area (Å²) in [5, 5.41) is 9.12. The molecule has 0 aliphatic carbocycles. The molecule has 2 rings (SSSR count). The molecule has 1 fully saturated rings. The predicted molar refractivity (Wildman–Crippen MR) is 60.3 cm³/mol. The SMILES string of the molecule is N#CC(Cc1ccccc1F)N1CCCC1. The van der Waals surface area contributed by atoms with Crippen LogP contribution in [0.25, 0.3) is 0 Å². The van der Waals surface area contributed by atoms with E-state index in [1.54, 1.807) is 12.1 Å². The molecule has 0 radical (unpaired) electrons. The molecule has 0 aromatic heterocycles. The fourth-order valence-electron chi connectivity index (χ4n) is 2.18. The molecule has 1 aromatic carbocycles. The van der Waals surface area contributed by atoms with Crippen LogP contribution < -0.4 is 0 Å². The van der Waals surface area contributed by atoms with Gasteiger partial charge in [-0.1, -0.05) is 18.2 Å². The summed E-state index contributed by atoms with van der Waals surface area (Å²) in [7, 11) is 0. The maximum Gasteiger partial charge on any atom is 0.126 e. The predicted octanol–water partition coefficient (Wildman–Crippen LogP) is 2.36. The van der Waals surface area contributed by atoms with E-state index in [9.17, 15) is 4.39 Å². The average Bonchev–Trinajstić information content (AvgIpc) is 2.81. The molecule has 1 aromatic rings. The van der Waals surface area contributed by atoms with Gasteiger partial charge in [-0.15, -0.1) is 0 Å². The summed E-state index contributed by atoms with van der Waals surface area (Å²) in [5.74, 6) is -0.207. The number of hydrogen-bond donors (Lipinski definition) is 0. The first-order valence-electron chi connectivity index (χ1n) is 5.68. The first-order chi connectivity index (χ1) is 7.81. The van der Waals surface area contributed by atoms with Crippen molar-refractivity contribution in [1.82, 2.24) is 4.90 Å². The molecule has 0 N–H and O–H groups in total. The summed E-state index contributed by atoms with van der Waals surface area (Å²) in [6.07, 6.45) is 2.79. The summed E-state index contributed by atoms with van der Waals surface area (Å²) in [5.41, 5.74) is 0.640. The highest BCUT2D eigenvalue weighted by Crippen LogP contribution is 2.16. The summed E-state index contributed by atoms with van der Waals surface area (Å²) in [6, 6.07) is 8.80. The van der Waals surface area contributed by atoms with Gasteiger partial charge < -0.3 is 0 Å². The number of nitriles is 1. The van der Waals surface area contributed by atoms with E-state index in [0.717, 1.165) is 25.9 Å². The molecule has 0 spiro atoms. The molecule has 0 saturated carbocycles. The lowest BCUT2D eigenvalue weighted by molar-refractivity contribution is 0.286. The van der Waals surface area contributed by atoms with Crippen molar-refractivity contribution in [2.24, 2.45) is 0 Å². The van der Waals surface area contributed by atoms with Crippen molar-refractivity contribution < 1.29 is 4.39 Å². The molecule has 1 unspecified atom stereocenters. The van der Waals surface area contributed by atoms with E-state index < -0.39 is 0 Å². The van der Waals surface area contributed by atoms with E-state index in [1.807, 2.05) is 6.07 Å². The first-order valence-corrected chi connectivity index (χ1v) is 5.68. The van der Waals surface area contributed by atoms with Crippen molar-refractivity contribution in [2.45, 2.75) is 25.3 Å². The molecular weight excluding hydrogens is 203 g/mol. The van der Waals surface area contributed by atoms with Crippen molar-refractivity contribution in [3.8, 4) is 6.07 Å². The van der Waals surface area contributed by atoms with Crippen molar-refractivity contribution >= 4 is 0 Å². The molecule has 0 bridgehead atoms. The van der Waals surface area contributed by atoms with E-state index in [1.165, 1.54) is 6.07 Å². The van der Waals surface area contributed by atoms with Crippen LogP contribution >= 0.6 is 0 Å². The highest BCUT2D eigenvalue weighted by molar-refractivity contribution is 5.20. The minimum absolute atomic E-state index is 0.181. The summed E-state index contributed by atoms with van der Waals surface area (Å²) in [6.45, 7) is 1.93. The molecule has 1 aliphatic rings. The lowest BCUT2D eigenvalue weighted by Gasteiger charge is -2.21. The van der Waals surface area contributed by atoms with Crippen molar-refractivity contribution in [1.29, 1.82) is 5.26 Å². The molecule has 84 valence electrons. The fraction of sp³-hybridized carbons (Fsp3) is 0.462. The zero-order valence-electron chi connectivity index (χ0n) is 9.19. The molecule has 16 heavy (non-hydrogen) atoms. The Morgan fingerprint density at radius 2 is 2.00 bits per heavy atom. The number of benzene rings is 1.